The van der Waals surface area contributed by atoms with E-state index in [4.69, 9.17) is 28.8 Å². The van der Waals surface area contributed by atoms with Crippen LogP contribution >= 0.6 is 23.8 Å². The number of hydrogen-bond donors (Lipinski definition) is 1. The highest BCUT2D eigenvalue weighted by atomic mass is 35.5. The average Bonchev–Trinajstić information content (AvgIpc) is 2.67. The Labute approximate surface area is 117 Å². The fourth-order valence-electron chi connectivity index (χ4n) is 2.77. The Morgan fingerprint density at radius 2 is 2.00 bits per heavy atom. The van der Waals surface area contributed by atoms with Crippen molar-refractivity contribution in [1.29, 1.82) is 0 Å². The van der Waals surface area contributed by atoms with Crippen LogP contribution in [0.4, 0.5) is 0 Å². The molecule has 3 rings (SSSR count). The number of aliphatic imine (C=N–C) groups is 1. The third-order valence-corrected chi connectivity index (χ3v) is 4.20. The lowest BCUT2D eigenvalue weighted by Gasteiger charge is -2.30. The molecule has 0 saturated heterocycles. The van der Waals surface area contributed by atoms with E-state index in [1.54, 1.807) is 0 Å². The Balaban J connectivity index is 1.96. The second kappa shape index (κ2) is 4.63. The van der Waals surface area contributed by atoms with Crippen LogP contribution in [0.25, 0.3) is 0 Å². The van der Waals surface area contributed by atoms with Crippen LogP contribution in [0.3, 0.4) is 0 Å². The summed E-state index contributed by atoms with van der Waals surface area (Å²) in [5, 5.41) is 4.15. The molecule has 1 spiro atoms. The Kier molecular flexibility index (Phi) is 3.12. The number of nitrogens with one attached hydrogen (secondary N) is 1. The van der Waals surface area contributed by atoms with Gasteiger partial charge in [-0.1, -0.05) is 42.4 Å². The summed E-state index contributed by atoms with van der Waals surface area (Å²) in [6.45, 7) is 0. The molecule has 1 N–H and O–H groups in total. The van der Waals surface area contributed by atoms with Crippen molar-refractivity contribution >= 4 is 34.5 Å². The lowest BCUT2D eigenvalue weighted by molar-refractivity contribution is 0.286. The maximum atomic E-state index is 6.03. The number of halogens is 1. The molecule has 1 fully saturated rings. The first-order chi connectivity index (χ1) is 8.69. The fourth-order valence-corrected chi connectivity index (χ4v) is 3.31. The number of thiocarbonyl (C=S) groups is 1. The maximum Gasteiger partial charge on any atom is 0.131 e. The van der Waals surface area contributed by atoms with E-state index in [9.17, 15) is 0 Å². The molecule has 1 aliphatic heterocycles. The summed E-state index contributed by atoms with van der Waals surface area (Å²) in [7, 11) is 0. The normalized spacial score (nSPS) is 21.8. The summed E-state index contributed by atoms with van der Waals surface area (Å²) in [4.78, 5) is 5.64. The van der Waals surface area contributed by atoms with Gasteiger partial charge in [-0.2, -0.15) is 0 Å². The fraction of sp³-hybridized carbons (Fsp3) is 0.429. The van der Waals surface area contributed by atoms with E-state index in [0.717, 1.165) is 34.1 Å². The minimum Gasteiger partial charge on any atom is -0.351 e. The molecule has 0 atom stereocenters. The van der Waals surface area contributed by atoms with Crippen LogP contribution in [0.2, 0.25) is 5.02 Å². The van der Waals surface area contributed by atoms with Crippen molar-refractivity contribution in [2.75, 3.05) is 0 Å². The van der Waals surface area contributed by atoms with Crippen LogP contribution in [0.1, 0.15) is 37.7 Å². The summed E-state index contributed by atoms with van der Waals surface area (Å²) in [5.41, 5.74) is 1.78. The van der Waals surface area contributed by atoms with Crippen molar-refractivity contribution < 1.29 is 0 Å². The molecule has 2 aliphatic rings. The molecular weight excluding hydrogens is 264 g/mol. The van der Waals surface area contributed by atoms with Gasteiger partial charge >= 0.3 is 0 Å². The van der Waals surface area contributed by atoms with Gasteiger partial charge in [-0.3, -0.25) is 4.99 Å². The zero-order valence-electron chi connectivity index (χ0n) is 10.1. The van der Waals surface area contributed by atoms with Crippen LogP contribution in [-0.2, 0) is 0 Å². The van der Waals surface area contributed by atoms with Gasteiger partial charge in [0.1, 0.15) is 16.4 Å². The molecule has 1 aromatic carbocycles. The Morgan fingerprint density at radius 3 is 2.72 bits per heavy atom. The molecule has 0 aromatic heterocycles. The van der Waals surface area contributed by atoms with E-state index in [0.29, 0.717) is 0 Å². The lowest BCUT2D eigenvalue weighted by atomic mass is 9.90. The number of nitrogens with zero attached hydrogens (tertiary/aromatic N) is 1. The molecule has 0 amide bonds. The van der Waals surface area contributed by atoms with E-state index in [1.807, 2.05) is 24.3 Å². The zero-order chi connectivity index (χ0) is 12.6. The summed E-state index contributed by atoms with van der Waals surface area (Å²) in [6.07, 6.45) is 5.91. The zero-order valence-corrected chi connectivity index (χ0v) is 11.7. The van der Waals surface area contributed by atoms with Crippen molar-refractivity contribution in [1.82, 2.24) is 5.32 Å². The molecule has 1 saturated carbocycles. The van der Waals surface area contributed by atoms with Gasteiger partial charge in [0.2, 0.25) is 0 Å². The molecule has 4 heteroatoms. The first-order valence-corrected chi connectivity index (χ1v) is 7.16. The average molecular weight is 279 g/mol. The van der Waals surface area contributed by atoms with Crippen molar-refractivity contribution in [3.05, 3.63) is 34.9 Å². The molecule has 0 bridgehead atoms. The van der Waals surface area contributed by atoms with E-state index in [2.05, 4.69) is 5.32 Å². The van der Waals surface area contributed by atoms with Gasteiger partial charge in [-0.05, 0) is 37.8 Å². The molecule has 94 valence electrons. The van der Waals surface area contributed by atoms with E-state index >= 15 is 0 Å². The van der Waals surface area contributed by atoms with Crippen molar-refractivity contribution in [2.24, 2.45) is 4.99 Å². The highest BCUT2D eigenvalue weighted by Gasteiger charge is 2.38. The first-order valence-electron chi connectivity index (χ1n) is 6.37. The summed E-state index contributed by atoms with van der Waals surface area (Å²) >= 11 is 11.5. The molecule has 0 unspecified atom stereocenters. The third kappa shape index (κ3) is 2.17. The Morgan fingerprint density at radius 1 is 1.22 bits per heavy atom. The van der Waals surface area contributed by atoms with Gasteiger partial charge in [0.25, 0.3) is 0 Å². The highest BCUT2D eigenvalue weighted by molar-refractivity contribution is 7.82. The SMILES string of the molecule is S=C1NC2(CCCCC2)N=C1c1cccc(Cl)c1. The maximum absolute atomic E-state index is 6.03. The predicted octanol–water partition coefficient (Wildman–Crippen LogP) is 3.72. The van der Waals surface area contributed by atoms with E-state index in [1.165, 1.54) is 19.3 Å². The number of benzene rings is 1. The first kappa shape index (κ1) is 12.1. The number of hydrogen-bond acceptors (Lipinski definition) is 2. The standard InChI is InChI=1S/C14H15ClN2S/c15-11-6-4-5-10(9-11)12-13(18)17-14(16-12)7-2-1-3-8-14/h4-6,9H,1-3,7-8H2,(H,17,18). The largest absolute Gasteiger partial charge is 0.351 e. The van der Waals surface area contributed by atoms with Gasteiger partial charge in [-0.15, -0.1) is 0 Å². The second-order valence-electron chi connectivity index (χ2n) is 5.02. The van der Waals surface area contributed by atoms with Gasteiger partial charge in [0.05, 0.1) is 0 Å². The minimum absolute atomic E-state index is 0.132. The van der Waals surface area contributed by atoms with Crippen LogP contribution in [0, 0.1) is 0 Å². The third-order valence-electron chi connectivity index (χ3n) is 3.67. The second-order valence-corrected chi connectivity index (χ2v) is 5.86. The van der Waals surface area contributed by atoms with Crippen molar-refractivity contribution in [3.63, 3.8) is 0 Å². The molecule has 1 aliphatic carbocycles. The van der Waals surface area contributed by atoms with E-state index in [-0.39, 0.29) is 5.66 Å². The summed E-state index contributed by atoms with van der Waals surface area (Å²) in [5.74, 6) is 0. The van der Waals surface area contributed by atoms with Crippen LogP contribution < -0.4 is 5.32 Å². The van der Waals surface area contributed by atoms with Crippen molar-refractivity contribution in [3.8, 4) is 0 Å². The smallest absolute Gasteiger partial charge is 0.131 e. The molecular formula is C14H15ClN2S. The van der Waals surface area contributed by atoms with Crippen LogP contribution in [0.15, 0.2) is 29.3 Å². The highest BCUT2D eigenvalue weighted by Crippen LogP contribution is 2.33. The molecule has 2 nitrogen and oxygen atoms in total. The van der Waals surface area contributed by atoms with E-state index < -0.39 is 0 Å². The molecule has 1 heterocycles. The van der Waals surface area contributed by atoms with Crippen LogP contribution in [0.5, 0.6) is 0 Å². The predicted molar refractivity (Wildman–Crippen MR) is 79.5 cm³/mol. The Bertz CT molecular complexity index is 518. The Hall–Kier alpha value is -0.930. The monoisotopic (exact) mass is 278 g/mol. The topological polar surface area (TPSA) is 24.4 Å². The van der Waals surface area contributed by atoms with Crippen LogP contribution in [-0.4, -0.2) is 16.4 Å². The molecule has 1 aromatic rings. The minimum atomic E-state index is -0.132. The van der Waals surface area contributed by atoms with Gasteiger partial charge in [0.15, 0.2) is 0 Å². The summed E-state index contributed by atoms with van der Waals surface area (Å²) in [6, 6.07) is 7.75. The van der Waals surface area contributed by atoms with Gasteiger partial charge < -0.3 is 5.32 Å². The number of rotatable bonds is 1. The molecule has 0 radical (unpaired) electrons. The van der Waals surface area contributed by atoms with Gasteiger partial charge in [-0.25, -0.2) is 0 Å². The van der Waals surface area contributed by atoms with Crippen molar-refractivity contribution in [2.45, 2.75) is 37.8 Å². The van der Waals surface area contributed by atoms with Gasteiger partial charge in [0, 0.05) is 10.6 Å². The summed E-state index contributed by atoms with van der Waals surface area (Å²) < 4.78 is 0. The molecule has 18 heavy (non-hydrogen) atoms. The lowest BCUT2D eigenvalue weighted by Crippen LogP contribution is -2.43. The quantitative estimate of drug-likeness (QED) is 0.792.